The molecule has 0 aromatic heterocycles. The second kappa shape index (κ2) is 6.21. The number of anilines is 1. The summed E-state index contributed by atoms with van der Waals surface area (Å²) in [5, 5.41) is 0. The molecule has 0 saturated carbocycles. The average molecular weight is 370 g/mol. The van der Waals surface area contributed by atoms with E-state index in [4.69, 9.17) is 0 Å². The number of rotatable bonds is 3. The van der Waals surface area contributed by atoms with E-state index in [-0.39, 0.29) is 22.9 Å². The number of nitrogens with zero attached hydrogens (tertiary/aromatic N) is 1. The number of hydrogen-bond acceptors (Lipinski definition) is 3. The molecule has 26 heavy (non-hydrogen) atoms. The van der Waals surface area contributed by atoms with E-state index in [0.717, 1.165) is 29.7 Å². The maximum absolute atomic E-state index is 12.9. The van der Waals surface area contributed by atoms with Crippen molar-refractivity contribution in [3.05, 3.63) is 59.2 Å². The molecule has 4 rings (SSSR count). The molecule has 1 heterocycles. The molecule has 6 heteroatoms. The van der Waals surface area contributed by atoms with Crippen molar-refractivity contribution < 1.29 is 13.2 Å². The summed E-state index contributed by atoms with van der Waals surface area (Å²) in [7, 11) is -3.62. The van der Waals surface area contributed by atoms with E-state index < -0.39 is 10.0 Å². The van der Waals surface area contributed by atoms with Crippen molar-refractivity contribution >= 4 is 21.6 Å². The van der Waals surface area contributed by atoms with E-state index in [9.17, 15) is 13.2 Å². The smallest absolute Gasteiger partial charge is 0.241 e. The first-order valence-electron chi connectivity index (χ1n) is 8.89. The van der Waals surface area contributed by atoms with Crippen molar-refractivity contribution in [2.45, 2.75) is 50.1 Å². The molecule has 0 saturated heterocycles. The highest BCUT2D eigenvalue weighted by atomic mass is 32.2. The van der Waals surface area contributed by atoms with Crippen LogP contribution in [0.4, 0.5) is 5.69 Å². The normalized spacial score (nSPS) is 21.5. The molecule has 0 fully saturated rings. The minimum Gasteiger partial charge on any atom is -0.309 e. The van der Waals surface area contributed by atoms with E-state index in [2.05, 4.69) is 10.8 Å². The van der Waals surface area contributed by atoms with E-state index in [1.54, 1.807) is 23.1 Å². The fourth-order valence-electron chi connectivity index (χ4n) is 4.19. The molecule has 5 nitrogen and oxygen atoms in total. The predicted molar refractivity (Wildman–Crippen MR) is 101 cm³/mol. The van der Waals surface area contributed by atoms with Crippen molar-refractivity contribution in [2.24, 2.45) is 0 Å². The molecule has 0 radical (unpaired) electrons. The SMILES string of the molecule is CC(=O)N1c2ccc(S(=O)(=O)NC3CCc4ccccc43)cc2CC1C. The molecular formula is C20H22N2O3S. The Morgan fingerprint density at radius 1 is 1.15 bits per heavy atom. The largest absolute Gasteiger partial charge is 0.309 e. The molecule has 1 amide bonds. The molecule has 2 atom stereocenters. The van der Waals surface area contributed by atoms with Crippen LogP contribution in [0, 0.1) is 0 Å². The third-order valence-corrected chi connectivity index (χ3v) is 6.82. The van der Waals surface area contributed by atoms with Crippen LogP contribution in [0.1, 0.15) is 43.0 Å². The number of carbonyl (C=O) groups excluding carboxylic acids is 1. The Balaban J connectivity index is 1.62. The first-order valence-corrected chi connectivity index (χ1v) is 10.4. The van der Waals surface area contributed by atoms with Crippen LogP contribution in [-0.2, 0) is 27.7 Å². The van der Waals surface area contributed by atoms with Crippen LogP contribution in [0.15, 0.2) is 47.4 Å². The third-order valence-electron chi connectivity index (χ3n) is 5.35. The quantitative estimate of drug-likeness (QED) is 0.903. The van der Waals surface area contributed by atoms with Crippen LogP contribution in [0.3, 0.4) is 0 Å². The Labute approximate surface area is 154 Å². The second-order valence-corrected chi connectivity index (χ2v) is 8.86. The summed E-state index contributed by atoms with van der Waals surface area (Å²) in [6.07, 6.45) is 2.34. The van der Waals surface area contributed by atoms with Gasteiger partial charge in [-0.15, -0.1) is 0 Å². The van der Waals surface area contributed by atoms with Crippen LogP contribution in [0.25, 0.3) is 0 Å². The molecule has 1 aliphatic carbocycles. The number of hydrogen-bond donors (Lipinski definition) is 1. The lowest BCUT2D eigenvalue weighted by Gasteiger charge is -2.20. The molecule has 2 aliphatic rings. The Morgan fingerprint density at radius 2 is 1.92 bits per heavy atom. The van der Waals surface area contributed by atoms with Crippen molar-refractivity contribution in [1.82, 2.24) is 4.72 Å². The molecular weight excluding hydrogens is 348 g/mol. The van der Waals surface area contributed by atoms with Gasteiger partial charge in [-0.2, -0.15) is 0 Å². The van der Waals surface area contributed by atoms with E-state index in [1.165, 1.54) is 12.5 Å². The standard InChI is InChI=1S/C20H22N2O3S/c1-13-11-16-12-17(8-10-20(16)22(13)14(2)23)26(24,25)21-19-9-7-15-5-3-4-6-18(15)19/h3-6,8,10,12-13,19,21H,7,9,11H2,1-2H3. The summed E-state index contributed by atoms with van der Waals surface area (Å²) in [6.45, 7) is 3.51. The zero-order valence-corrected chi connectivity index (χ0v) is 15.7. The highest BCUT2D eigenvalue weighted by Gasteiger charge is 2.31. The molecule has 2 unspecified atom stereocenters. The number of aryl methyl sites for hydroxylation is 1. The number of nitrogens with one attached hydrogen (secondary N) is 1. The molecule has 1 aliphatic heterocycles. The van der Waals surface area contributed by atoms with Gasteiger partial charge in [0.2, 0.25) is 15.9 Å². The fraction of sp³-hybridized carbons (Fsp3) is 0.350. The van der Waals surface area contributed by atoms with Crippen LogP contribution >= 0.6 is 0 Å². The van der Waals surface area contributed by atoms with Crippen molar-refractivity contribution in [3.8, 4) is 0 Å². The molecule has 0 spiro atoms. The molecule has 2 aromatic carbocycles. The number of carbonyl (C=O) groups is 1. The zero-order valence-electron chi connectivity index (χ0n) is 14.9. The van der Waals surface area contributed by atoms with E-state index >= 15 is 0 Å². The van der Waals surface area contributed by atoms with Gasteiger partial charge in [0.15, 0.2) is 0 Å². The summed E-state index contributed by atoms with van der Waals surface area (Å²) in [6, 6.07) is 12.9. The Hall–Kier alpha value is -2.18. The van der Waals surface area contributed by atoms with Gasteiger partial charge in [-0.25, -0.2) is 13.1 Å². The van der Waals surface area contributed by atoms with E-state index in [1.807, 2.05) is 25.1 Å². The lowest BCUT2D eigenvalue weighted by Crippen LogP contribution is -2.33. The predicted octanol–water partition coefficient (Wildman–Crippen LogP) is 2.95. The van der Waals surface area contributed by atoms with Gasteiger partial charge in [0.1, 0.15) is 0 Å². The van der Waals surface area contributed by atoms with Crippen LogP contribution < -0.4 is 9.62 Å². The van der Waals surface area contributed by atoms with Crippen molar-refractivity contribution in [2.75, 3.05) is 4.90 Å². The number of benzene rings is 2. The molecule has 0 bridgehead atoms. The van der Waals surface area contributed by atoms with Gasteiger partial charge in [-0.3, -0.25) is 4.79 Å². The molecule has 1 N–H and O–H groups in total. The number of fused-ring (bicyclic) bond motifs is 2. The monoisotopic (exact) mass is 370 g/mol. The summed E-state index contributed by atoms with van der Waals surface area (Å²) >= 11 is 0. The minimum atomic E-state index is -3.62. The number of amides is 1. The molecule has 136 valence electrons. The minimum absolute atomic E-state index is 0.0208. The fourth-order valence-corrected chi connectivity index (χ4v) is 5.49. The van der Waals surface area contributed by atoms with E-state index in [0.29, 0.717) is 6.42 Å². The third kappa shape index (κ3) is 2.83. The molecule has 2 aromatic rings. The van der Waals surface area contributed by atoms with Gasteiger partial charge >= 0.3 is 0 Å². The zero-order chi connectivity index (χ0) is 18.5. The Kier molecular flexibility index (Phi) is 4.12. The van der Waals surface area contributed by atoms with Crippen LogP contribution in [0.5, 0.6) is 0 Å². The second-order valence-electron chi connectivity index (χ2n) is 7.14. The van der Waals surface area contributed by atoms with Crippen molar-refractivity contribution in [1.29, 1.82) is 0 Å². The van der Waals surface area contributed by atoms with Crippen LogP contribution in [-0.4, -0.2) is 20.4 Å². The summed E-state index contributed by atoms with van der Waals surface area (Å²) < 4.78 is 28.7. The first kappa shape index (κ1) is 17.2. The van der Waals surface area contributed by atoms with Gasteiger partial charge in [0, 0.05) is 24.7 Å². The first-order chi connectivity index (χ1) is 12.4. The maximum atomic E-state index is 12.9. The average Bonchev–Trinajstić information content (AvgIpc) is 3.14. The van der Waals surface area contributed by atoms with Crippen molar-refractivity contribution in [3.63, 3.8) is 0 Å². The summed E-state index contributed by atoms with van der Waals surface area (Å²) in [5.41, 5.74) is 3.99. The highest BCUT2D eigenvalue weighted by Crippen LogP contribution is 2.35. The Morgan fingerprint density at radius 3 is 2.69 bits per heavy atom. The lowest BCUT2D eigenvalue weighted by atomic mass is 10.1. The highest BCUT2D eigenvalue weighted by molar-refractivity contribution is 7.89. The maximum Gasteiger partial charge on any atom is 0.241 e. The van der Waals surface area contributed by atoms with Gasteiger partial charge in [-0.05, 0) is 61.1 Å². The Bertz CT molecular complexity index is 984. The number of sulfonamides is 1. The van der Waals surface area contributed by atoms with Crippen LogP contribution in [0.2, 0.25) is 0 Å². The van der Waals surface area contributed by atoms with Gasteiger partial charge in [0.25, 0.3) is 0 Å². The van der Waals surface area contributed by atoms with Gasteiger partial charge in [-0.1, -0.05) is 24.3 Å². The van der Waals surface area contributed by atoms with Gasteiger partial charge in [0.05, 0.1) is 4.90 Å². The summed E-state index contributed by atoms with van der Waals surface area (Å²) in [4.78, 5) is 13.8. The topological polar surface area (TPSA) is 66.5 Å². The summed E-state index contributed by atoms with van der Waals surface area (Å²) in [5.74, 6) is -0.0208. The lowest BCUT2D eigenvalue weighted by molar-refractivity contribution is -0.116. The van der Waals surface area contributed by atoms with Gasteiger partial charge < -0.3 is 4.90 Å².